The Morgan fingerprint density at radius 1 is 1.53 bits per heavy atom. The van der Waals surface area contributed by atoms with E-state index in [1.807, 2.05) is 18.7 Å². The lowest BCUT2D eigenvalue weighted by Crippen LogP contribution is -2.31. The number of aromatic amines is 1. The Labute approximate surface area is 110 Å². The second kappa shape index (κ2) is 4.49. The highest BCUT2D eigenvalue weighted by Crippen LogP contribution is 2.36. The van der Waals surface area contributed by atoms with E-state index in [1.165, 1.54) is 6.33 Å². The monoisotopic (exact) mass is 261 g/mol. The van der Waals surface area contributed by atoms with Crippen LogP contribution in [0.2, 0.25) is 0 Å². The van der Waals surface area contributed by atoms with E-state index in [9.17, 15) is 4.79 Å². The zero-order valence-electron chi connectivity index (χ0n) is 10.9. The standard InChI is InChI=1S/C12H15N5O2/c1-7-10(8(2)19-16-7)9-4-3-5-17(9)12(18)11-13-6-14-15-11/h6,9H,3-5H2,1-2H3,(H,13,14,15)/t9-/m0/s1. The molecule has 1 amide bonds. The summed E-state index contributed by atoms with van der Waals surface area (Å²) in [5.74, 6) is 0.929. The van der Waals surface area contributed by atoms with Crippen LogP contribution in [0.15, 0.2) is 10.9 Å². The molecule has 2 aromatic heterocycles. The summed E-state index contributed by atoms with van der Waals surface area (Å²) in [6, 6.07) is 0.0175. The Bertz CT molecular complexity index is 570. The zero-order valence-corrected chi connectivity index (χ0v) is 10.9. The number of hydrogen-bond acceptors (Lipinski definition) is 5. The quantitative estimate of drug-likeness (QED) is 0.882. The van der Waals surface area contributed by atoms with Gasteiger partial charge >= 0.3 is 0 Å². The van der Waals surface area contributed by atoms with Crippen molar-refractivity contribution in [2.75, 3.05) is 6.54 Å². The van der Waals surface area contributed by atoms with Crippen molar-refractivity contribution in [2.45, 2.75) is 32.7 Å². The molecule has 19 heavy (non-hydrogen) atoms. The van der Waals surface area contributed by atoms with Crippen LogP contribution in [-0.4, -0.2) is 37.7 Å². The predicted octanol–water partition coefficient (Wildman–Crippen LogP) is 1.39. The summed E-state index contributed by atoms with van der Waals surface area (Å²) >= 11 is 0. The number of nitrogens with zero attached hydrogens (tertiary/aromatic N) is 4. The first-order valence-corrected chi connectivity index (χ1v) is 6.27. The molecule has 7 nitrogen and oxygen atoms in total. The van der Waals surface area contributed by atoms with Crippen LogP contribution in [0.5, 0.6) is 0 Å². The first-order valence-electron chi connectivity index (χ1n) is 6.27. The van der Waals surface area contributed by atoms with Gasteiger partial charge in [0.2, 0.25) is 5.82 Å². The van der Waals surface area contributed by atoms with Gasteiger partial charge in [0.15, 0.2) is 0 Å². The molecule has 0 spiro atoms. The number of carbonyl (C=O) groups is 1. The molecule has 0 aromatic carbocycles. The first-order chi connectivity index (χ1) is 9.18. The number of aromatic nitrogens is 4. The summed E-state index contributed by atoms with van der Waals surface area (Å²) < 4.78 is 5.20. The molecule has 0 aliphatic carbocycles. The number of aryl methyl sites for hydroxylation is 2. The molecule has 0 unspecified atom stereocenters. The highest BCUT2D eigenvalue weighted by atomic mass is 16.5. The summed E-state index contributed by atoms with van der Waals surface area (Å²) in [6.07, 6.45) is 3.23. The Balaban J connectivity index is 1.92. The summed E-state index contributed by atoms with van der Waals surface area (Å²) in [5, 5.41) is 10.3. The van der Waals surface area contributed by atoms with Crippen molar-refractivity contribution >= 4 is 5.91 Å². The largest absolute Gasteiger partial charge is 0.361 e. The molecule has 2 aromatic rings. The van der Waals surface area contributed by atoms with Gasteiger partial charge < -0.3 is 9.42 Å². The van der Waals surface area contributed by atoms with Gasteiger partial charge in [-0.15, -0.1) is 0 Å². The number of H-pyrrole nitrogens is 1. The van der Waals surface area contributed by atoms with E-state index in [2.05, 4.69) is 20.3 Å². The van der Waals surface area contributed by atoms with Crippen LogP contribution in [0.1, 0.15) is 46.5 Å². The van der Waals surface area contributed by atoms with Gasteiger partial charge in [0.1, 0.15) is 12.1 Å². The summed E-state index contributed by atoms with van der Waals surface area (Å²) in [4.78, 5) is 18.1. The van der Waals surface area contributed by atoms with Gasteiger partial charge in [0.05, 0.1) is 11.7 Å². The average Bonchev–Trinajstić information content (AvgIpc) is 3.10. The molecule has 1 N–H and O–H groups in total. The molecule has 3 rings (SSSR count). The fraction of sp³-hybridized carbons (Fsp3) is 0.500. The number of carbonyl (C=O) groups excluding carboxylic acids is 1. The molecule has 0 radical (unpaired) electrons. The lowest BCUT2D eigenvalue weighted by Gasteiger charge is -2.23. The third-order valence-corrected chi connectivity index (χ3v) is 3.55. The third kappa shape index (κ3) is 1.91. The van der Waals surface area contributed by atoms with E-state index < -0.39 is 0 Å². The molecule has 1 aliphatic heterocycles. The highest BCUT2D eigenvalue weighted by molar-refractivity contribution is 5.90. The first kappa shape index (κ1) is 11.9. The lowest BCUT2D eigenvalue weighted by molar-refractivity contribution is 0.0722. The summed E-state index contributed by atoms with van der Waals surface area (Å²) in [5.41, 5.74) is 1.87. The van der Waals surface area contributed by atoms with Crippen LogP contribution < -0.4 is 0 Å². The topological polar surface area (TPSA) is 87.9 Å². The molecule has 100 valence electrons. The van der Waals surface area contributed by atoms with Gasteiger partial charge in [-0.25, -0.2) is 4.98 Å². The second-order valence-electron chi connectivity index (χ2n) is 4.73. The molecule has 7 heteroatoms. The molecule has 3 heterocycles. The van der Waals surface area contributed by atoms with Crippen molar-refractivity contribution in [2.24, 2.45) is 0 Å². The number of rotatable bonds is 2. The minimum Gasteiger partial charge on any atom is -0.361 e. The molecule has 1 atom stereocenters. The van der Waals surface area contributed by atoms with Crippen molar-refractivity contribution in [3.8, 4) is 0 Å². The molecular formula is C12H15N5O2. The fourth-order valence-electron chi connectivity index (χ4n) is 2.72. The van der Waals surface area contributed by atoms with E-state index in [4.69, 9.17) is 4.52 Å². The van der Waals surface area contributed by atoms with Crippen molar-refractivity contribution in [1.29, 1.82) is 0 Å². The molecule has 1 saturated heterocycles. The van der Waals surface area contributed by atoms with Gasteiger partial charge in [-0.05, 0) is 26.7 Å². The number of likely N-dealkylation sites (tertiary alicyclic amines) is 1. The van der Waals surface area contributed by atoms with Crippen molar-refractivity contribution in [3.63, 3.8) is 0 Å². The van der Waals surface area contributed by atoms with Gasteiger partial charge in [0, 0.05) is 12.1 Å². The van der Waals surface area contributed by atoms with Gasteiger partial charge in [-0.1, -0.05) is 5.16 Å². The van der Waals surface area contributed by atoms with Crippen LogP contribution in [0.4, 0.5) is 0 Å². The normalized spacial score (nSPS) is 19.1. The van der Waals surface area contributed by atoms with Crippen molar-refractivity contribution in [3.05, 3.63) is 29.2 Å². The number of hydrogen-bond donors (Lipinski definition) is 1. The lowest BCUT2D eigenvalue weighted by atomic mass is 10.0. The molecule has 0 bridgehead atoms. The van der Waals surface area contributed by atoms with Gasteiger partial charge in [0.25, 0.3) is 5.91 Å². The minimum atomic E-state index is -0.125. The Kier molecular flexibility index (Phi) is 2.81. The Morgan fingerprint density at radius 3 is 3.00 bits per heavy atom. The fourth-order valence-corrected chi connectivity index (χ4v) is 2.72. The van der Waals surface area contributed by atoms with Crippen LogP contribution in [0.3, 0.4) is 0 Å². The van der Waals surface area contributed by atoms with Gasteiger partial charge in [-0.3, -0.25) is 9.89 Å². The van der Waals surface area contributed by atoms with E-state index in [0.717, 1.165) is 29.9 Å². The van der Waals surface area contributed by atoms with Crippen LogP contribution in [0, 0.1) is 13.8 Å². The molecule has 1 fully saturated rings. The zero-order chi connectivity index (χ0) is 13.4. The SMILES string of the molecule is Cc1noc(C)c1[C@@H]1CCCN1C(=O)c1ncn[nH]1. The van der Waals surface area contributed by atoms with Crippen molar-refractivity contribution < 1.29 is 9.32 Å². The maximum Gasteiger partial charge on any atom is 0.291 e. The Hall–Kier alpha value is -2.18. The van der Waals surface area contributed by atoms with E-state index in [0.29, 0.717) is 6.54 Å². The predicted molar refractivity (Wildman–Crippen MR) is 65.4 cm³/mol. The average molecular weight is 261 g/mol. The third-order valence-electron chi connectivity index (χ3n) is 3.55. The number of nitrogens with one attached hydrogen (secondary N) is 1. The highest BCUT2D eigenvalue weighted by Gasteiger charge is 2.35. The molecule has 0 saturated carbocycles. The summed E-state index contributed by atoms with van der Waals surface area (Å²) in [6.45, 7) is 4.50. The minimum absolute atomic E-state index is 0.0175. The van der Waals surface area contributed by atoms with E-state index in [1.54, 1.807) is 0 Å². The van der Waals surface area contributed by atoms with Crippen molar-refractivity contribution in [1.82, 2.24) is 25.2 Å². The maximum atomic E-state index is 12.4. The second-order valence-corrected chi connectivity index (χ2v) is 4.73. The van der Waals surface area contributed by atoms with Crippen LogP contribution in [-0.2, 0) is 0 Å². The smallest absolute Gasteiger partial charge is 0.291 e. The van der Waals surface area contributed by atoms with E-state index in [-0.39, 0.29) is 17.8 Å². The summed E-state index contributed by atoms with van der Waals surface area (Å²) in [7, 11) is 0. The molecule has 1 aliphatic rings. The maximum absolute atomic E-state index is 12.4. The molecular weight excluding hydrogens is 246 g/mol. The van der Waals surface area contributed by atoms with Crippen LogP contribution in [0.25, 0.3) is 0 Å². The van der Waals surface area contributed by atoms with E-state index >= 15 is 0 Å². The Morgan fingerprint density at radius 2 is 2.37 bits per heavy atom. The van der Waals surface area contributed by atoms with Crippen LogP contribution >= 0.6 is 0 Å². The number of amides is 1. The van der Waals surface area contributed by atoms with Gasteiger partial charge in [-0.2, -0.15) is 5.10 Å².